The number of carboxylic acids is 1. The van der Waals surface area contributed by atoms with Crippen molar-refractivity contribution in [2.24, 2.45) is 0 Å². The second-order valence-corrected chi connectivity index (χ2v) is 3.51. The van der Waals surface area contributed by atoms with Gasteiger partial charge < -0.3 is 14.4 Å². The topological polar surface area (TPSA) is 70.8 Å². The number of hydrogen-bond acceptors (Lipinski definition) is 3. The highest BCUT2D eigenvalue weighted by atomic mass is 16.4. The Bertz CT molecular complexity index is 422. The van der Waals surface area contributed by atoms with Crippen LogP contribution in [0.25, 0.3) is 0 Å². The molecule has 0 aromatic carbocycles. The highest BCUT2D eigenvalue weighted by Gasteiger charge is 2.19. The van der Waals surface area contributed by atoms with Crippen molar-refractivity contribution >= 4 is 11.9 Å². The van der Waals surface area contributed by atoms with Gasteiger partial charge in [-0.2, -0.15) is 0 Å². The first-order valence-corrected chi connectivity index (χ1v) is 5.33. The third-order valence-corrected chi connectivity index (χ3v) is 2.16. The molecule has 0 aliphatic rings. The molecule has 5 heteroatoms. The van der Waals surface area contributed by atoms with E-state index in [1.807, 2.05) is 6.92 Å². The van der Waals surface area contributed by atoms with E-state index in [1.54, 1.807) is 11.0 Å². The summed E-state index contributed by atoms with van der Waals surface area (Å²) < 4.78 is 4.96. The fourth-order valence-electron chi connectivity index (χ4n) is 1.43. The smallest absolute Gasteiger partial charge is 0.371 e. The molecule has 1 aromatic heterocycles. The molecule has 0 unspecified atom stereocenters. The number of furan rings is 1. The third kappa shape index (κ3) is 3.21. The molecule has 0 aliphatic carbocycles. The van der Waals surface area contributed by atoms with Crippen LogP contribution in [0.4, 0.5) is 0 Å². The summed E-state index contributed by atoms with van der Waals surface area (Å²) in [6.45, 7) is 6.52. The van der Waals surface area contributed by atoms with Gasteiger partial charge in [-0.1, -0.05) is 13.0 Å². The molecule has 92 valence electrons. The van der Waals surface area contributed by atoms with Crippen LogP contribution in [0.5, 0.6) is 0 Å². The summed E-state index contributed by atoms with van der Waals surface area (Å²) in [4.78, 5) is 24.1. The molecule has 1 N–H and O–H groups in total. The van der Waals surface area contributed by atoms with Crippen molar-refractivity contribution < 1.29 is 19.1 Å². The Hall–Kier alpha value is -2.04. The molecule has 5 nitrogen and oxygen atoms in total. The monoisotopic (exact) mass is 237 g/mol. The van der Waals surface area contributed by atoms with Gasteiger partial charge in [0.15, 0.2) is 5.76 Å². The lowest BCUT2D eigenvalue weighted by molar-refractivity contribution is 0.0652. The summed E-state index contributed by atoms with van der Waals surface area (Å²) in [5.74, 6) is -1.70. The molecule has 1 heterocycles. The van der Waals surface area contributed by atoms with Crippen LogP contribution in [0, 0.1) is 0 Å². The fourth-order valence-corrected chi connectivity index (χ4v) is 1.43. The van der Waals surface area contributed by atoms with Crippen LogP contribution in [0.3, 0.4) is 0 Å². The van der Waals surface area contributed by atoms with Crippen molar-refractivity contribution in [3.63, 3.8) is 0 Å². The number of hydrogen-bond donors (Lipinski definition) is 1. The zero-order valence-corrected chi connectivity index (χ0v) is 9.68. The van der Waals surface area contributed by atoms with E-state index >= 15 is 0 Å². The van der Waals surface area contributed by atoms with Gasteiger partial charge in [0.1, 0.15) is 0 Å². The minimum Gasteiger partial charge on any atom is -0.475 e. The molecule has 0 bridgehead atoms. The number of aromatic carboxylic acids is 1. The van der Waals surface area contributed by atoms with Crippen LogP contribution < -0.4 is 0 Å². The largest absolute Gasteiger partial charge is 0.475 e. The second-order valence-electron chi connectivity index (χ2n) is 3.51. The fraction of sp³-hybridized carbons (Fsp3) is 0.333. The summed E-state index contributed by atoms with van der Waals surface area (Å²) in [7, 11) is 0. The zero-order valence-electron chi connectivity index (χ0n) is 9.68. The zero-order chi connectivity index (χ0) is 12.8. The molecule has 1 amide bonds. The number of carbonyl (C=O) groups excluding carboxylic acids is 1. The molecule has 1 aromatic rings. The average Bonchev–Trinajstić information content (AvgIpc) is 2.77. The molecule has 0 saturated carbocycles. The lowest BCUT2D eigenvalue weighted by Crippen LogP contribution is -2.31. The van der Waals surface area contributed by atoms with E-state index in [4.69, 9.17) is 9.52 Å². The third-order valence-electron chi connectivity index (χ3n) is 2.16. The predicted molar refractivity (Wildman–Crippen MR) is 62.1 cm³/mol. The van der Waals surface area contributed by atoms with Crippen molar-refractivity contribution in [1.82, 2.24) is 4.90 Å². The van der Waals surface area contributed by atoms with Gasteiger partial charge in [0.25, 0.3) is 5.91 Å². The minimum atomic E-state index is -1.19. The highest BCUT2D eigenvalue weighted by Crippen LogP contribution is 2.11. The van der Waals surface area contributed by atoms with Gasteiger partial charge in [0.2, 0.25) is 5.76 Å². The van der Waals surface area contributed by atoms with E-state index in [1.165, 1.54) is 12.1 Å². The first-order chi connectivity index (χ1) is 8.10. The Kier molecular flexibility index (Phi) is 4.51. The maximum Gasteiger partial charge on any atom is 0.371 e. The lowest BCUT2D eigenvalue weighted by Gasteiger charge is -2.18. The molecular weight excluding hydrogens is 222 g/mol. The van der Waals surface area contributed by atoms with Crippen LogP contribution in [0.15, 0.2) is 29.2 Å². The summed E-state index contributed by atoms with van der Waals surface area (Å²) in [5.41, 5.74) is 0. The van der Waals surface area contributed by atoms with Crippen molar-refractivity contribution in [3.05, 3.63) is 36.3 Å². The second kappa shape index (κ2) is 5.89. The number of amides is 1. The minimum absolute atomic E-state index is 0.0395. The summed E-state index contributed by atoms with van der Waals surface area (Å²) in [6.07, 6.45) is 2.43. The van der Waals surface area contributed by atoms with Gasteiger partial charge in [0.05, 0.1) is 0 Å². The molecule has 17 heavy (non-hydrogen) atoms. The molecule has 0 atom stereocenters. The molecule has 0 saturated heterocycles. The van der Waals surface area contributed by atoms with E-state index in [2.05, 4.69) is 6.58 Å². The summed E-state index contributed by atoms with van der Waals surface area (Å²) in [6, 6.07) is 2.64. The van der Waals surface area contributed by atoms with Gasteiger partial charge in [0, 0.05) is 13.1 Å². The van der Waals surface area contributed by atoms with Gasteiger partial charge >= 0.3 is 5.97 Å². The maximum absolute atomic E-state index is 12.0. The molecular formula is C12H15NO4. The maximum atomic E-state index is 12.0. The quantitative estimate of drug-likeness (QED) is 0.768. The van der Waals surface area contributed by atoms with Gasteiger partial charge in [-0.25, -0.2) is 4.79 Å². The first-order valence-electron chi connectivity index (χ1n) is 5.33. The van der Waals surface area contributed by atoms with Crippen molar-refractivity contribution in [3.8, 4) is 0 Å². The SMILES string of the molecule is C=CCN(CCC)C(=O)c1ccc(C(=O)O)o1. The lowest BCUT2D eigenvalue weighted by atomic mass is 10.3. The summed E-state index contributed by atoms with van der Waals surface area (Å²) in [5, 5.41) is 8.69. The number of rotatable bonds is 6. The molecule has 0 aliphatic heterocycles. The Labute approximate surface area is 99.3 Å². The van der Waals surface area contributed by atoms with E-state index in [0.29, 0.717) is 13.1 Å². The Morgan fingerprint density at radius 1 is 1.47 bits per heavy atom. The predicted octanol–water partition coefficient (Wildman–Crippen LogP) is 2.02. The van der Waals surface area contributed by atoms with Gasteiger partial charge in [-0.05, 0) is 18.6 Å². The van der Waals surface area contributed by atoms with E-state index < -0.39 is 5.97 Å². The number of carbonyl (C=O) groups is 2. The highest BCUT2D eigenvalue weighted by molar-refractivity contribution is 5.93. The van der Waals surface area contributed by atoms with Gasteiger partial charge in [-0.3, -0.25) is 4.79 Å². The average molecular weight is 237 g/mol. The first kappa shape index (κ1) is 13.0. The molecule has 0 fully saturated rings. The van der Waals surface area contributed by atoms with Crippen LogP contribution in [0.1, 0.15) is 34.5 Å². The van der Waals surface area contributed by atoms with Crippen LogP contribution in [-0.4, -0.2) is 35.0 Å². The van der Waals surface area contributed by atoms with Crippen LogP contribution >= 0.6 is 0 Å². The summed E-state index contributed by atoms with van der Waals surface area (Å²) >= 11 is 0. The normalized spacial score (nSPS) is 9.94. The molecule has 1 rings (SSSR count). The van der Waals surface area contributed by atoms with E-state index in [-0.39, 0.29) is 17.4 Å². The van der Waals surface area contributed by atoms with Crippen molar-refractivity contribution in [2.75, 3.05) is 13.1 Å². The van der Waals surface area contributed by atoms with Crippen LogP contribution in [0.2, 0.25) is 0 Å². The van der Waals surface area contributed by atoms with Crippen LogP contribution in [-0.2, 0) is 0 Å². The molecule has 0 spiro atoms. The van der Waals surface area contributed by atoms with E-state index in [0.717, 1.165) is 6.42 Å². The van der Waals surface area contributed by atoms with Gasteiger partial charge in [-0.15, -0.1) is 6.58 Å². The van der Waals surface area contributed by atoms with E-state index in [9.17, 15) is 9.59 Å². The Morgan fingerprint density at radius 2 is 2.12 bits per heavy atom. The number of nitrogens with zero attached hydrogens (tertiary/aromatic N) is 1. The number of carboxylic acid groups (broad SMARTS) is 1. The van der Waals surface area contributed by atoms with Crippen molar-refractivity contribution in [1.29, 1.82) is 0 Å². The standard InChI is InChI=1S/C12H15NO4/c1-3-7-13(8-4-2)11(14)9-5-6-10(17-9)12(15)16/h3,5-6H,1,4,7-8H2,2H3,(H,15,16). The van der Waals surface area contributed by atoms with Crippen molar-refractivity contribution in [2.45, 2.75) is 13.3 Å². The Balaban J connectivity index is 2.84. The molecule has 0 radical (unpaired) electrons. The Morgan fingerprint density at radius 3 is 2.59 bits per heavy atom.